The fourth-order valence-corrected chi connectivity index (χ4v) is 4.80. The number of aryl methyl sites for hydroxylation is 1. The Kier molecular flexibility index (Phi) is 5.35. The van der Waals surface area contributed by atoms with Crippen molar-refractivity contribution in [3.63, 3.8) is 0 Å². The highest BCUT2D eigenvalue weighted by atomic mass is 32.2. The zero-order valence-electron chi connectivity index (χ0n) is 13.1. The molecule has 2 aromatic rings. The molecule has 0 radical (unpaired) electrons. The average molecular weight is 348 g/mol. The molecular formula is C17H21N3OS2. The quantitative estimate of drug-likeness (QED) is 0.860. The van der Waals surface area contributed by atoms with Crippen molar-refractivity contribution < 1.29 is 4.79 Å². The Bertz CT molecular complexity index is 669. The van der Waals surface area contributed by atoms with E-state index in [9.17, 15) is 4.79 Å². The average Bonchev–Trinajstić information content (AvgIpc) is 3.18. The second-order valence-corrected chi connectivity index (χ2v) is 8.08. The molecule has 0 saturated heterocycles. The summed E-state index contributed by atoms with van der Waals surface area (Å²) in [5.74, 6) is 0.499. The lowest BCUT2D eigenvalue weighted by Crippen LogP contribution is -2.29. The normalized spacial score (nSPS) is 20.6. The second-order valence-electron chi connectivity index (χ2n) is 5.90. The van der Waals surface area contributed by atoms with Crippen molar-refractivity contribution in [2.24, 2.45) is 17.6 Å². The number of benzene rings is 1. The van der Waals surface area contributed by atoms with Crippen molar-refractivity contribution in [1.82, 2.24) is 4.98 Å². The number of hydrogen-bond donors (Lipinski definition) is 2. The lowest BCUT2D eigenvalue weighted by Gasteiger charge is -2.17. The van der Waals surface area contributed by atoms with Crippen molar-refractivity contribution in [3.05, 3.63) is 35.3 Å². The summed E-state index contributed by atoms with van der Waals surface area (Å²) < 4.78 is 1.04. The van der Waals surface area contributed by atoms with Crippen LogP contribution in [0.3, 0.4) is 0 Å². The van der Waals surface area contributed by atoms with E-state index in [-0.39, 0.29) is 11.8 Å². The topological polar surface area (TPSA) is 68.0 Å². The molecule has 3 rings (SSSR count). The van der Waals surface area contributed by atoms with Gasteiger partial charge in [-0.3, -0.25) is 4.79 Å². The van der Waals surface area contributed by atoms with E-state index in [2.05, 4.69) is 10.3 Å². The van der Waals surface area contributed by atoms with E-state index in [0.29, 0.717) is 12.5 Å². The third-order valence-electron chi connectivity index (χ3n) is 4.22. The van der Waals surface area contributed by atoms with E-state index >= 15 is 0 Å². The fraction of sp³-hybridized carbons (Fsp3) is 0.412. The van der Waals surface area contributed by atoms with E-state index in [1.54, 1.807) is 23.1 Å². The van der Waals surface area contributed by atoms with Gasteiger partial charge in [-0.25, -0.2) is 4.98 Å². The number of nitrogens with zero attached hydrogens (tertiary/aromatic N) is 1. The SMILES string of the molecule is Cc1csc(Sc2ccc(NC(=O)[C@@H]3CCC[C@@H]3CN)cc2)n1. The molecule has 2 atom stereocenters. The van der Waals surface area contributed by atoms with Crippen molar-refractivity contribution in [1.29, 1.82) is 0 Å². The summed E-state index contributed by atoms with van der Waals surface area (Å²) in [5, 5.41) is 5.07. The summed E-state index contributed by atoms with van der Waals surface area (Å²) in [6.45, 7) is 2.59. The Balaban J connectivity index is 1.60. The van der Waals surface area contributed by atoms with Gasteiger partial charge in [0, 0.05) is 27.6 Å². The first kappa shape index (κ1) is 16.5. The van der Waals surface area contributed by atoms with Crippen LogP contribution in [0.1, 0.15) is 25.0 Å². The number of thiazole rings is 1. The molecule has 4 nitrogen and oxygen atoms in total. The van der Waals surface area contributed by atoms with Gasteiger partial charge in [-0.2, -0.15) is 0 Å². The molecular weight excluding hydrogens is 326 g/mol. The zero-order valence-corrected chi connectivity index (χ0v) is 14.8. The number of aromatic nitrogens is 1. The molecule has 1 aliphatic rings. The van der Waals surface area contributed by atoms with Crippen molar-refractivity contribution in [2.75, 3.05) is 11.9 Å². The van der Waals surface area contributed by atoms with Gasteiger partial charge in [0.05, 0.1) is 0 Å². The van der Waals surface area contributed by atoms with Gasteiger partial charge in [-0.15, -0.1) is 11.3 Å². The molecule has 1 saturated carbocycles. The smallest absolute Gasteiger partial charge is 0.227 e. The van der Waals surface area contributed by atoms with Gasteiger partial charge >= 0.3 is 0 Å². The summed E-state index contributed by atoms with van der Waals surface area (Å²) in [6, 6.07) is 7.94. The van der Waals surface area contributed by atoms with Gasteiger partial charge in [0.15, 0.2) is 4.34 Å². The minimum atomic E-state index is 0.0624. The maximum atomic E-state index is 12.4. The number of carbonyl (C=O) groups is 1. The molecule has 1 heterocycles. The van der Waals surface area contributed by atoms with Crippen LogP contribution in [0.5, 0.6) is 0 Å². The van der Waals surface area contributed by atoms with Crippen LogP contribution in [-0.4, -0.2) is 17.4 Å². The second kappa shape index (κ2) is 7.47. The molecule has 122 valence electrons. The maximum absolute atomic E-state index is 12.4. The van der Waals surface area contributed by atoms with Crippen LogP contribution >= 0.6 is 23.1 Å². The number of nitrogens with two attached hydrogens (primary N) is 1. The minimum absolute atomic E-state index is 0.0624. The van der Waals surface area contributed by atoms with E-state index in [0.717, 1.165) is 39.9 Å². The van der Waals surface area contributed by atoms with E-state index in [1.165, 1.54) is 0 Å². The first-order valence-electron chi connectivity index (χ1n) is 7.86. The highest BCUT2D eigenvalue weighted by Gasteiger charge is 2.31. The Hall–Kier alpha value is -1.37. The number of rotatable bonds is 5. The predicted octanol–water partition coefficient (Wildman–Crippen LogP) is 3.92. The molecule has 0 spiro atoms. The van der Waals surface area contributed by atoms with Gasteiger partial charge in [-0.1, -0.05) is 18.2 Å². The van der Waals surface area contributed by atoms with Crippen LogP contribution in [0.4, 0.5) is 5.69 Å². The summed E-state index contributed by atoms with van der Waals surface area (Å²) in [4.78, 5) is 18.0. The van der Waals surface area contributed by atoms with Gasteiger partial charge in [0.1, 0.15) is 0 Å². The van der Waals surface area contributed by atoms with Crippen LogP contribution in [0.2, 0.25) is 0 Å². The van der Waals surface area contributed by atoms with Crippen LogP contribution in [0.25, 0.3) is 0 Å². The van der Waals surface area contributed by atoms with Crippen molar-refractivity contribution >= 4 is 34.7 Å². The van der Waals surface area contributed by atoms with Crippen molar-refractivity contribution in [2.45, 2.75) is 35.4 Å². The van der Waals surface area contributed by atoms with E-state index in [1.807, 2.05) is 36.6 Å². The summed E-state index contributed by atoms with van der Waals surface area (Å²) in [5.41, 5.74) is 7.66. The summed E-state index contributed by atoms with van der Waals surface area (Å²) in [7, 11) is 0. The lowest BCUT2D eigenvalue weighted by atomic mass is 9.95. The lowest BCUT2D eigenvalue weighted by molar-refractivity contribution is -0.120. The van der Waals surface area contributed by atoms with E-state index in [4.69, 9.17) is 5.73 Å². The highest BCUT2D eigenvalue weighted by Crippen LogP contribution is 2.33. The Morgan fingerprint density at radius 1 is 1.39 bits per heavy atom. The molecule has 1 aromatic carbocycles. The van der Waals surface area contributed by atoms with Gasteiger partial charge < -0.3 is 11.1 Å². The number of anilines is 1. The summed E-state index contributed by atoms with van der Waals surface area (Å²) in [6.07, 6.45) is 3.12. The summed E-state index contributed by atoms with van der Waals surface area (Å²) >= 11 is 3.29. The van der Waals surface area contributed by atoms with Crippen LogP contribution < -0.4 is 11.1 Å². The zero-order chi connectivity index (χ0) is 16.2. The predicted molar refractivity (Wildman–Crippen MR) is 95.9 cm³/mol. The maximum Gasteiger partial charge on any atom is 0.227 e. The molecule has 23 heavy (non-hydrogen) atoms. The number of amides is 1. The Labute approximate surface area is 144 Å². The third-order valence-corrected chi connectivity index (χ3v) is 6.29. The van der Waals surface area contributed by atoms with Crippen LogP contribution in [0.15, 0.2) is 38.9 Å². The molecule has 1 aromatic heterocycles. The number of carbonyl (C=O) groups excluding carboxylic acids is 1. The molecule has 1 fully saturated rings. The molecule has 0 bridgehead atoms. The molecule has 0 unspecified atom stereocenters. The number of hydrogen-bond acceptors (Lipinski definition) is 5. The fourth-order valence-electron chi connectivity index (χ4n) is 2.99. The molecule has 3 N–H and O–H groups in total. The van der Waals surface area contributed by atoms with E-state index < -0.39 is 0 Å². The number of nitrogens with one attached hydrogen (secondary N) is 1. The first-order valence-corrected chi connectivity index (χ1v) is 9.56. The Morgan fingerprint density at radius 3 is 2.83 bits per heavy atom. The molecule has 1 aliphatic carbocycles. The monoisotopic (exact) mass is 347 g/mol. The van der Waals surface area contributed by atoms with Gasteiger partial charge in [0.2, 0.25) is 5.91 Å². The standard InChI is InChI=1S/C17H21N3OS2/c1-11-10-22-17(19-11)23-14-7-5-13(6-8-14)20-16(21)15-4-2-3-12(15)9-18/h5-8,10,12,15H,2-4,9,18H2,1H3,(H,20,21)/t12-,15-/m1/s1. The first-order chi connectivity index (χ1) is 11.2. The molecule has 0 aliphatic heterocycles. The molecule has 6 heteroatoms. The Morgan fingerprint density at radius 2 is 2.17 bits per heavy atom. The highest BCUT2D eigenvalue weighted by molar-refractivity contribution is 8.01. The largest absolute Gasteiger partial charge is 0.330 e. The van der Waals surface area contributed by atoms with Crippen molar-refractivity contribution in [3.8, 4) is 0 Å². The van der Waals surface area contributed by atoms with Gasteiger partial charge in [-0.05, 0) is 56.5 Å². The molecule has 1 amide bonds. The van der Waals surface area contributed by atoms with Crippen LogP contribution in [-0.2, 0) is 4.79 Å². The minimum Gasteiger partial charge on any atom is -0.330 e. The van der Waals surface area contributed by atoms with Crippen LogP contribution in [0, 0.1) is 18.8 Å². The van der Waals surface area contributed by atoms with Gasteiger partial charge in [0.25, 0.3) is 0 Å². The third kappa shape index (κ3) is 4.13.